The fourth-order valence-corrected chi connectivity index (χ4v) is 2.94. The Labute approximate surface area is 163 Å². The van der Waals surface area contributed by atoms with E-state index in [0.717, 1.165) is 15.6 Å². The Morgan fingerprint density at radius 3 is 2.73 bits per heavy atom. The van der Waals surface area contributed by atoms with Gasteiger partial charge < -0.3 is 15.2 Å². The van der Waals surface area contributed by atoms with Crippen LogP contribution >= 0.6 is 27.3 Å². The first-order chi connectivity index (χ1) is 12.6. The van der Waals surface area contributed by atoms with Crippen molar-refractivity contribution >= 4 is 44.4 Å². The molecule has 134 valence electrons. The quantitative estimate of drug-likeness (QED) is 0.423. The van der Waals surface area contributed by atoms with Gasteiger partial charge >= 0.3 is 0 Å². The Hall–Kier alpha value is -2.58. The highest BCUT2D eigenvalue weighted by Gasteiger charge is 2.06. The number of benzene rings is 2. The number of halogens is 1. The molecule has 3 aromatic rings. The number of methoxy groups -OCH3 is 1. The van der Waals surface area contributed by atoms with E-state index in [0.29, 0.717) is 29.1 Å². The molecule has 0 radical (unpaired) electrons. The molecule has 0 bridgehead atoms. The van der Waals surface area contributed by atoms with Crippen molar-refractivity contribution in [2.75, 3.05) is 18.3 Å². The van der Waals surface area contributed by atoms with Crippen LogP contribution in [0.4, 0.5) is 10.9 Å². The Kier molecular flexibility index (Phi) is 6.08. The van der Waals surface area contributed by atoms with Gasteiger partial charge in [-0.15, -0.1) is 11.3 Å². The molecule has 8 heteroatoms. The number of nitrogens with zero attached hydrogens (tertiary/aromatic N) is 2. The number of rotatable bonds is 7. The molecule has 0 spiro atoms. The molecule has 0 amide bonds. The summed E-state index contributed by atoms with van der Waals surface area (Å²) in [6, 6.07) is 13.6. The van der Waals surface area contributed by atoms with Gasteiger partial charge in [0.15, 0.2) is 11.5 Å². The van der Waals surface area contributed by atoms with Crippen LogP contribution < -0.4 is 20.6 Å². The first kappa shape index (κ1) is 18.2. The minimum atomic E-state index is 0.445. The molecule has 0 aliphatic rings. The molecular formula is C18H17BrN4O2S. The summed E-state index contributed by atoms with van der Waals surface area (Å²) in [5.74, 6) is 1.79. The topological polar surface area (TPSA) is 81.8 Å². The van der Waals surface area contributed by atoms with Gasteiger partial charge in [0.1, 0.15) is 12.4 Å². The van der Waals surface area contributed by atoms with E-state index in [1.807, 2.05) is 42.5 Å². The molecule has 0 saturated carbocycles. The van der Waals surface area contributed by atoms with Gasteiger partial charge in [-0.05, 0) is 41.5 Å². The fourth-order valence-electron chi connectivity index (χ4n) is 2.13. The first-order valence-corrected chi connectivity index (χ1v) is 9.36. The lowest BCUT2D eigenvalue weighted by atomic mass is 10.2. The van der Waals surface area contributed by atoms with Crippen molar-refractivity contribution in [1.82, 2.24) is 4.98 Å². The number of anilines is 2. The second-order valence-corrected chi connectivity index (χ2v) is 7.05. The van der Waals surface area contributed by atoms with Crippen LogP contribution in [0.3, 0.4) is 0 Å². The number of nitrogen functional groups attached to an aromatic ring is 1. The van der Waals surface area contributed by atoms with Crippen molar-refractivity contribution in [1.29, 1.82) is 0 Å². The molecule has 26 heavy (non-hydrogen) atoms. The minimum Gasteiger partial charge on any atom is -0.493 e. The van der Waals surface area contributed by atoms with Crippen molar-refractivity contribution < 1.29 is 9.47 Å². The van der Waals surface area contributed by atoms with Gasteiger partial charge in [-0.25, -0.2) is 4.98 Å². The van der Waals surface area contributed by atoms with E-state index in [9.17, 15) is 0 Å². The molecule has 6 nitrogen and oxygen atoms in total. The number of ether oxygens (including phenoxy) is 2. The molecule has 0 aliphatic carbocycles. The summed E-state index contributed by atoms with van der Waals surface area (Å²) in [5.41, 5.74) is 10.4. The minimum absolute atomic E-state index is 0.445. The molecule has 3 N–H and O–H groups in total. The third-order valence-electron chi connectivity index (χ3n) is 3.39. The summed E-state index contributed by atoms with van der Waals surface area (Å²) in [5, 5.41) is 6.55. The van der Waals surface area contributed by atoms with Crippen molar-refractivity contribution in [3.63, 3.8) is 0 Å². The van der Waals surface area contributed by atoms with Gasteiger partial charge in [-0.2, -0.15) is 5.10 Å². The third-order valence-corrected chi connectivity index (χ3v) is 4.68. The Balaban J connectivity index is 1.68. The second-order valence-electron chi connectivity index (χ2n) is 5.27. The molecule has 2 aromatic carbocycles. The van der Waals surface area contributed by atoms with Crippen LogP contribution in [0, 0.1) is 0 Å². The Bertz CT molecular complexity index is 896. The van der Waals surface area contributed by atoms with Crippen LogP contribution in [0.25, 0.3) is 0 Å². The number of hydrogen-bond donors (Lipinski definition) is 2. The summed E-state index contributed by atoms with van der Waals surface area (Å²) in [4.78, 5) is 4.08. The van der Waals surface area contributed by atoms with Crippen molar-refractivity contribution in [3.8, 4) is 11.5 Å². The molecule has 0 atom stereocenters. The SMILES string of the molecule is COc1ccc(C=NNc2nc(N)cs2)cc1OCc1ccc(Br)cc1. The molecular weight excluding hydrogens is 416 g/mol. The van der Waals surface area contributed by atoms with E-state index in [1.165, 1.54) is 11.3 Å². The molecule has 0 saturated heterocycles. The lowest BCUT2D eigenvalue weighted by Gasteiger charge is -2.11. The van der Waals surface area contributed by atoms with Crippen LogP contribution in [-0.2, 0) is 6.61 Å². The van der Waals surface area contributed by atoms with Gasteiger partial charge in [-0.1, -0.05) is 28.1 Å². The number of nitrogens with one attached hydrogen (secondary N) is 1. The number of hydrazone groups is 1. The van der Waals surface area contributed by atoms with Crippen LogP contribution in [0.15, 0.2) is 57.4 Å². The highest BCUT2D eigenvalue weighted by Crippen LogP contribution is 2.28. The monoisotopic (exact) mass is 432 g/mol. The van der Waals surface area contributed by atoms with Gasteiger partial charge in [0, 0.05) is 9.85 Å². The van der Waals surface area contributed by atoms with Crippen LogP contribution in [0.1, 0.15) is 11.1 Å². The Morgan fingerprint density at radius 1 is 1.23 bits per heavy atom. The van der Waals surface area contributed by atoms with Gasteiger partial charge in [0.05, 0.1) is 13.3 Å². The maximum atomic E-state index is 5.91. The zero-order chi connectivity index (χ0) is 18.4. The average Bonchev–Trinajstić information content (AvgIpc) is 3.06. The highest BCUT2D eigenvalue weighted by molar-refractivity contribution is 9.10. The summed E-state index contributed by atoms with van der Waals surface area (Å²) >= 11 is 4.82. The predicted molar refractivity (Wildman–Crippen MR) is 109 cm³/mol. The van der Waals surface area contributed by atoms with Gasteiger partial charge in [-0.3, -0.25) is 5.43 Å². The van der Waals surface area contributed by atoms with Gasteiger partial charge in [0.25, 0.3) is 0 Å². The predicted octanol–water partition coefficient (Wildman–Crippen LogP) is 4.52. The average molecular weight is 433 g/mol. The normalized spacial score (nSPS) is 10.8. The highest BCUT2D eigenvalue weighted by atomic mass is 79.9. The smallest absolute Gasteiger partial charge is 0.205 e. The number of aromatic nitrogens is 1. The lowest BCUT2D eigenvalue weighted by molar-refractivity contribution is 0.284. The van der Waals surface area contributed by atoms with Crippen molar-refractivity contribution in [2.45, 2.75) is 6.61 Å². The van der Waals surface area contributed by atoms with E-state index in [1.54, 1.807) is 18.7 Å². The number of hydrogen-bond acceptors (Lipinski definition) is 7. The Morgan fingerprint density at radius 2 is 2.04 bits per heavy atom. The van der Waals surface area contributed by atoms with Crippen LogP contribution in [0.5, 0.6) is 11.5 Å². The van der Waals surface area contributed by atoms with E-state index < -0.39 is 0 Å². The summed E-state index contributed by atoms with van der Waals surface area (Å²) in [6.07, 6.45) is 1.68. The van der Waals surface area contributed by atoms with E-state index >= 15 is 0 Å². The largest absolute Gasteiger partial charge is 0.493 e. The molecule has 1 aromatic heterocycles. The summed E-state index contributed by atoms with van der Waals surface area (Å²) in [7, 11) is 1.62. The fraction of sp³-hybridized carbons (Fsp3) is 0.111. The first-order valence-electron chi connectivity index (χ1n) is 7.69. The van der Waals surface area contributed by atoms with E-state index in [-0.39, 0.29) is 0 Å². The molecule has 1 heterocycles. The molecule has 0 fully saturated rings. The number of thiazole rings is 1. The second kappa shape index (κ2) is 8.68. The molecule has 0 aliphatic heterocycles. The lowest BCUT2D eigenvalue weighted by Crippen LogP contribution is -1.99. The van der Waals surface area contributed by atoms with E-state index in [2.05, 4.69) is 31.4 Å². The van der Waals surface area contributed by atoms with Crippen molar-refractivity contribution in [3.05, 3.63) is 63.4 Å². The maximum Gasteiger partial charge on any atom is 0.205 e. The third kappa shape index (κ3) is 4.96. The maximum absolute atomic E-state index is 5.91. The molecule has 3 rings (SSSR count). The summed E-state index contributed by atoms with van der Waals surface area (Å²) < 4.78 is 12.3. The van der Waals surface area contributed by atoms with Gasteiger partial charge in [0.2, 0.25) is 5.13 Å². The van der Waals surface area contributed by atoms with Crippen LogP contribution in [-0.4, -0.2) is 18.3 Å². The van der Waals surface area contributed by atoms with Crippen LogP contribution in [0.2, 0.25) is 0 Å². The molecule has 0 unspecified atom stereocenters. The standard InChI is InChI=1S/C18H17BrN4O2S/c1-24-15-7-4-13(9-21-23-18-22-17(20)11-26-18)8-16(15)25-10-12-2-5-14(19)6-3-12/h2-9,11H,10,20H2,1H3,(H,22,23). The van der Waals surface area contributed by atoms with E-state index in [4.69, 9.17) is 15.2 Å². The van der Waals surface area contributed by atoms with Crippen molar-refractivity contribution in [2.24, 2.45) is 5.10 Å². The summed E-state index contributed by atoms with van der Waals surface area (Å²) in [6.45, 7) is 0.445. The zero-order valence-electron chi connectivity index (χ0n) is 14.0. The number of nitrogens with two attached hydrogens (primary N) is 1. The zero-order valence-corrected chi connectivity index (χ0v) is 16.4.